The number of rotatable bonds is 3. The lowest BCUT2D eigenvalue weighted by atomic mass is 10.1. The van der Waals surface area contributed by atoms with Crippen molar-refractivity contribution in [2.24, 2.45) is 0 Å². The first-order chi connectivity index (χ1) is 7.88. The number of halogens is 2. The van der Waals surface area contributed by atoms with Gasteiger partial charge in [-0.15, -0.1) is 0 Å². The van der Waals surface area contributed by atoms with Crippen LogP contribution in [-0.2, 0) is 4.74 Å². The lowest BCUT2D eigenvalue weighted by Gasteiger charge is -2.06. The Morgan fingerprint density at radius 3 is 2.59 bits per heavy atom. The van der Waals surface area contributed by atoms with Crippen molar-refractivity contribution in [2.45, 2.75) is 6.43 Å². The van der Waals surface area contributed by atoms with E-state index in [-0.39, 0.29) is 0 Å². The number of hydrogen-bond donors (Lipinski definition) is 1. The highest BCUT2D eigenvalue weighted by molar-refractivity contribution is 5.95. The number of carbonyl (C=O) groups is 1. The molecule has 0 aliphatic carbocycles. The molecule has 0 aromatic carbocycles. The molecule has 0 spiro atoms. The zero-order valence-corrected chi connectivity index (χ0v) is 8.40. The molecule has 9 heteroatoms. The van der Waals surface area contributed by atoms with Gasteiger partial charge in [-0.25, -0.2) is 13.6 Å². The number of alkyl halides is 2. The van der Waals surface area contributed by atoms with Crippen LogP contribution in [0.3, 0.4) is 0 Å². The normalized spacial score (nSPS) is 10.4. The third-order valence-corrected chi connectivity index (χ3v) is 1.86. The van der Waals surface area contributed by atoms with Gasteiger partial charge in [0, 0.05) is 0 Å². The van der Waals surface area contributed by atoms with E-state index in [2.05, 4.69) is 4.74 Å². The number of nitro groups is 1. The Bertz CT molecular complexity index is 525. The second-order valence-electron chi connectivity index (χ2n) is 2.86. The summed E-state index contributed by atoms with van der Waals surface area (Å²) in [5, 5.41) is 10.6. The highest BCUT2D eigenvalue weighted by Gasteiger charge is 2.30. The SMILES string of the molecule is COC(=O)c1c([N+](=O)[O-])cc(=O)[nH]c1C(F)F. The van der Waals surface area contributed by atoms with Crippen LogP contribution in [0.15, 0.2) is 10.9 Å². The van der Waals surface area contributed by atoms with E-state index in [1.807, 2.05) is 0 Å². The monoisotopic (exact) mass is 248 g/mol. The molecule has 0 amide bonds. The van der Waals surface area contributed by atoms with Crippen LogP contribution in [0.4, 0.5) is 14.5 Å². The van der Waals surface area contributed by atoms with Gasteiger partial charge in [0.05, 0.1) is 18.1 Å². The highest BCUT2D eigenvalue weighted by Crippen LogP contribution is 2.26. The standard InChI is InChI=1S/C8H6F2N2O5/c1-17-8(14)5-3(12(15)16)2-4(13)11-6(5)7(9)10/h2,7H,1H3,(H,11,13). The van der Waals surface area contributed by atoms with Crippen molar-refractivity contribution in [1.82, 2.24) is 4.98 Å². The van der Waals surface area contributed by atoms with Crippen LogP contribution in [0.5, 0.6) is 0 Å². The fraction of sp³-hybridized carbons (Fsp3) is 0.250. The summed E-state index contributed by atoms with van der Waals surface area (Å²) in [7, 11) is 0.881. The third kappa shape index (κ3) is 2.44. The second kappa shape index (κ2) is 4.68. The van der Waals surface area contributed by atoms with Gasteiger partial charge in [0.15, 0.2) is 5.56 Å². The average molecular weight is 248 g/mol. The average Bonchev–Trinajstić information content (AvgIpc) is 2.26. The first-order valence-corrected chi connectivity index (χ1v) is 4.16. The van der Waals surface area contributed by atoms with Crippen LogP contribution in [0, 0.1) is 10.1 Å². The fourth-order valence-corrected chi connectivity index (χ4v) is 1.19. The van der Waals surface area contributed by atoms with Gasteiger partial charge in [0.1, 0.15) is 5.69 Å². The minimum atomic E-state index is -3.24. The number of nitrogens with zero attached hydrogens (tertiary/aromatic N) is 1. The van der Waals surface area contributed by atoms with Gasteiger partial charge < -0.3 is 9.72 Å². The molecular weight excluding hydrogens is 242 g/mol. The van der Waals surface area contributed by atoms with E-state index in [4.69, 9.17) is 0 Å². The number of pyridine rings is 1. The Kier molecular flexibility index (Phi) is 3.51. The molecule has 0 saturated heterocycles. The van der Waals surface area contributed by atoms with Crippen molar-refractivity contribution < 1.29 is 23.2 Å². The maximum atomic E-state index is 12.5. The quantitative estimate of drug-likeness (QED) is 0.488. The molecule has 0 bridgehead atoms. The number of methoxy groups -OCH3 is 1. The van der Waals surface area contributed by atoms with Crippen molar-refractivity contribution >= 4 is 11.7 Å². The summed E-state index contributed by atoms with van der Waals surface area (Å²) in [6, 6.07) is 0.443. The molecule has 0 radical (unpaired) electrons. The summed E-state index contributed by atoms with van der Waals surface area (Å²) >= 11 is 0. The van der Waals surface area contributed by atoms with Crippen molar-refractivity contribution in [3.8, 4) is 0 Å². The Balaban J connectivity index is 3.65. The van der Waals surface area contributed by atoms with E-state index >= 15 is 0 Å². The molecule has 0 aliphatic heterocycles. The van der Waals surface area contributed by atoms with Crippen molar-refractivity contribution in [1.29, 1.82) is 0 Å². The minimum absolute atomic E-state index is 0.443. The van der Waals surface area contributed by atoms with Crippen LogP contribution in [0.1, 0.15) is 22.5 Å². The van der Waals surface area contributed by atoms with Gasteiger partial charge in [0.25, 0.3) is 17.7 Å². The van der Waals surface area contributed by atoms with Crippen LogP contribution in [0.2, 0.25) is 0 Å². The predicted octanol–water partition coefficient (Wildman–Crippen LogP) is 1.01. The summed E-state index contributed by atoms with van der Waals surface area (Å²) in [5.41, 5.74) is -4.20. The van der Waals surface area contributed by atoms with Gasteiger partial charge in [-0.1, -0.05) is 0 Å². The first kappa shape index (κ1) is 12.7. The fourth-order valence-electron chi connectivity index (χ4n) is 1.19. The molecule has 1 aromatic heterocycles. The third-order valence-electron chi connectivity index (χ3n) is 1.86. The molecule has 92 valence electrons. The van der Waals surface area contributed by atoms with Gasteiger partial charge in [-0.3, -0.25) is 14.9 Å². The number of hydrogen-bond acceptors (Lipinski definition) is 5. The molecule has 0 fully saturated rings. The number of carbonyl (C=O) groups excluding carboxylic acids is 1. The second-order valence-corrected chi connectivity index (χ2v) is 2.86. The molecule has 1 aromatic rings. The molecular formula is C8H6F2N2O5. The molecule has 1 N–H and O–H groups in total. The van der Waals surface area contributed by atoms with Crippen molar-refractivity contribution in [3.63, 3.8) is 0 Å². The molecule has 0 atom stereocenters. The molecule has 7 nitrogen and oxygen atoms in total. The van der Waals surface area contributed by atoms with Crippen LogP contribution >= 0.6 is 0 Å². The maximum Gasteiger partial charge on any atom is 0.346 e. The lowest BCUT2D eigenvalue weighted by Crippen LogP contribution is -2.18. The number of esters is 1. The largest absolute Gasteiger partial charge is 0.465 e. The van der Waals surface area contributed by atoms with Crippen molar-refractivity contribution in [2.75, 3.05) is 7.11 Å². The Morgan fingerprint density at radius 1 is 1.59 bits per heavy atom. The van der Waals surface area contributed by atoms with E-state index in [1.165, 1.54) is 0 Å². The van der Waals surface area contributed by atoms with Gasteiger partial charge in [-0.2, -0.15) is 0 Å². The number of aromatic nitrogens is 1. The first-order valence-electron chi connectivity index (χ1n) is 4.16. The zero-order valence-electron chi connectivity index (χ0n) is 8.40. The van der Waals surface area contributed by atoms with Gasteiger partial charge >= 0.3 is 5.97 Å². The molecule has 0 saturated carbocycles. The molecule has 1 heterocycles. The number of ether oxygens (including phenoxy) is 1. The number of H-pyrrole nitrogens is 1. The predicted molar refractivity (Wildman–Crippen MR) is 50.0 cm³/mol. The van der Waals surface area contributed by atoms with E-state index < -0.39 is 39.8 Å². The Labute approximate surface area is 92.2 Å². The highest BCUT2D eigenvalue weighted by atomic mass is 19.3. The summed E-state index contributed by atoms with van der Waals surface area (Å²) in [6.07, 6.45) is -3.24. The van der Waals surface area contributed by atoms with Crippen LogP contribution < -0.4 is 5.56 Å². The molecule has 1 rings (SSSR count). The molecule has 0 unspecified atom stereocenters. The molecule has 17 heavy (non-hydrogen) atoms. The lowest BCUT2D eigenvalue weighted by molar-refractivity contribution is -0.385. The van der Waals surface area contributed by atoms with Crippen LogP contribution in [0.25, 0.3) is 0 Å². The molecule has 0 aliphatic rings. The number of nitrogens with one attached hydrogen (secondary N) is 1. The Morgan fingerprint density at radius 2 is 2.18 bits per heavy atom. The van der Waals surface area contributed by atoms with Gasteiger partial charge in [0.2, 0.25) is 0 Å². The van der Waals surface area contributed by atoms with Crippen molar-refractivity contribution in [3.05, 3.63) is 37.8 Å². The van der Waals surface area contributed by atoms with E-state index in [9.17, 15) is 28.5 Å². The van der Waals surface area contributed by atoms with Crippen LogP contribution in [-0.4, -0.2) is 23.0 Å². The number of aromatic amines is 1. The van der Waals surface area contributed by atoms with E-state index in [0.29, 0.717) is 6.07 Å². The summed E-state index contributed by atoms with van der Waals surface area (Å²) < 4.78 is 29.3. The van der Waals surface area contributed by atoms with E-state index in [1.54, 1.807) is 4.98 Å². The van der Waals surface area contributed by atoms with Gasteiger partial charge in [-0.05, 0) is 0 Å². The van der Waals surface area contributed by atoms with E-state index in [0.717, 1.165) is 7.11 Å². The minimum Gasteiger partial charge on any atom is -0.465 e. The smallest absolute Gasteiger partial charge is 0.346 e. The summed E-state index contributed by atoms with van der Waals surface area (Å²) in [5.74, 6) is -1.32. The summed E-state index contributed by atoms with van der Waals surface area (Å²) in [4.78, 5) is 33.3. The summed E-state index contributed by atoms with van der Waals surface area (Å²) in [6.45, 7) is 0. The maximum absolute atomic E-state index is 12.5. The topological polar surface area (TPSA) is 102 Å². The zero-order chi connectivity index (χ0) is 13.2. The Hall–Kier alpha value is -2.32.